The van der Waals surface area contributed by atoms with Gasteiger partial charge in [-0.2, -0.15) is 0 Å². The molecule has 0 aromatic carbocycles. The van der Waals surface area contributed by atoms with E-state index < -0.39 is 0 Å². The van der Waals surface area contributed by atoms with Crippen LogP contribution in [0.25, 0.3) is 0 Å². The molecule has 0 fully saturated rings. The number of nitrogens with two attached hydrogens (primary N) is 1. The van der Waals surface area contributed by atoms with Crippen molar-refractivity contribution in [2.45, 2.75) is 13.0 Å². The molecule has 5 heteroatoms. The quantitative estimate of drug-likeness (QED) is 0.885. The van der Waals surface area contributed by atoms with Crippen LogP contribution < -0.4 is 10.6 Å². The van der Waals surface area contributed by atoms with E-state index in [2.05, 4.69) is 39.3 Å². The van der Waals surface area contributed by atoms with Crippen molar-refractivity contribution in [3.8, 4) is 0 Å². The van der Waals surface area contributed by atoms with Gasteiger partial charge in [-0.1, -0.05) is 6.07 Å². The SMILES string of the molecule is CC(c1cccs1)N(C)c1cnc(N)cn1. The fraction of sp³-hybridized carbons (Fsp3) is 0.273. The molecule has 0 aliphatic heterocycles. The fourth-order valence-electron chi connectivity index (χ4n) is 1.43. The molecule has 0 aliphatic rings. The van der Waals surface area contributed by atoms with Crippen LogP contribution in [0.2, 0.25) is 0 Å². The summed E-state index contributed by atoms with van der Waals surface area (Å²) in [5.41, 5.74) is 5.51. The van der Waals surface area contributed by atoms with E-state index >= 15 is 0 Å². The molecule has 2 aromatic rings. The highest BCUT2D eigenvalue weighted by atomic mass is 32.1. The molecule has 0 spiro atoms. The van der Waals surface area contributed by atoms with Crippen molar-refractivity contribution in [3.05, 3.63) is 34.8 Å². The molecular weight excluding hydrogens is 220 g/mol. The Morgan fingerprint density at radius 1 is 1.38 bits per heavy atom. The van der Waals surface area contributed by atoms with Gasteiger partial charge < -0.3 is 10.6 Å². The van der Waals surface area contributed by atoms with E-state index in [4.69, 9.17) is 5.73 Å². The summed E-state index contributed by atoms with van der Waals surface area (Å²) in [5.74, 6) is 1.27. The highest BCUT2D eigenvalue weighted by Crippen LogP contribution is 2.26. The Kier molecular flexibility index (Phi) is 3.05. The first-order chi connectivity index (χ1) is 7.68. The van der Waals surface area contributed by atoms with Gasteiger partial charge in [0.05, 0.1) is 18.4 Å². The van der Waals surface area contributed by atoms with Crippen molar-refractivity contribution < 1.29 is 0 Å². The topological polar surface area (TPSA) is 55.0 Å². The van der Waals surface area contributed by atoms with Gasteiger partial charge in [0, 0.05) is 11.9 Å². The van der Waals surface area contributed by atoms with E-state index in [9.17, 15) is 0 Å². The molecule has 1 atom stereocenters. The average Bonchev–Trinajstić information content (AvgIpc) is 2.81. The van der Waals surface area contributed by atoms with Gasteiger partial charge in [0.25, 0.3) is 0 Å². The summed E-state index contributed by atoms with van der Waals surface area (Å²) in [6.07, 6.45) is 3.27. The normalized spacial score (nSPS) is 12.4. The summed E-state index contributed by atoms with van der Waals surface area (Å²) in [6.45, 7) is 2.14. The zero-order chi connectivity index (χ0) is 11.5. The Morgan fingerprint density at radius 3 is 2.75 bits per heavy atom. The first kappa shape index (κ1) is 10.9. The highest BCUT2D eigenvalue weighted by Gasteiger charge is 2.14. The maximum absolute atomic E-state index is 5.51. The molecule has 2 N–H and O–H groups in total. The summed E-state index contributed by atoms with van der Waals surface area (Å²) in [6, 6.07) is 4.47. The fourth-order valence-corrected chi connectivity index (χ4v) is 2.26. The van der Waals surface area contributed by atoms with Crippen LogP contribution >= 0.6 is 11.3 Å². The minimum Gasteiger partial charge on any atom is -0.382 e. The zero-order valence-electron chi connectivity index (χ0n) is 9.29. The summed E-state index contributed by atoms with van der Waals surface area (Å²) in [7, 11) is 2.00. The lowest BCUT2D eigenvalue weighted by Gasteiger charge is -2.24. The van der Waals surface area contributed by atoms with Gasteiger partial charge in [0.1, 0.15) is 11.6 Å². The predicted molar refractivity (Wildman–Crippen MR) is 67.6 cm³/mol. The highest BCUT2D eigenvalue weighted by molar-refractivity contribution is 7.10. The van der Waals surface area contributed by atoms with Crippen LogP contribution in [-0.4, -0.2) is 17.0 Å². The van der Waals surface area contributed by atoms with Crippen LogP contribution in [-0.2, 0) is 0 Å². The van der Waals surface area contributed by atoms with Gasteiger partial charge in [-0.05, 0) is 18.4 Å². The van der Waals surface area contributed by atoms with E-state index in [0.29, 0.717) is 5.82 Å². The van der Waals surface area contributed by atoms with Crippen LogP contribution in [0.15, 0.2) is 29.9 Å². The van der Waals surface area contributed by atoms with Gasteiger partial charge in [-0.3, -0.25) is 0 Å². The Balaban J connectivity index is 2.19. The third-order valence-corrected chi connectivity index (χ3v) is 3.60. The number of hydrogen-bond donors (Lipinski definition) is 1. The van der Waals surface area contributed by atoms with E-state index in [0.717, 1.165) is 5.82 Å². The largest absolute Gasteiger partial charge is 0.382 e. The standard InChI is InChI=1S/C11H14N4S/c1-8(9-4-3-5-16-9)15(2)11-7-13-10(12)6-14-11/h3-8H,1-2H3,(H2,12,13). The summed E-state index contributed by atoms with van der Waals surface area (Å²) >= 11 is 1.74. The molecule has 84 valence electrons. The zero-order valence-corrected chi connectivity index (χ0v) is 10.1. The van der Waals surface area contributed by atoms with Gasteiger partial charge in [-0.15, -0.1) is 11.3 Å². The monoisotopic (exact) mass is 234 g/mol. The van der Waals surface area contributed by atoms with Crippen LogP contribution in [0.3, 0.4) is 0 Å². The van der Waals surface area contributed by atoms with Crippen molar-refractivity contribution in [2.75, 3.05) is 17.7 Å². The second-order valence-corrected chi connectivity index (χ2v) is 4.58. The first-order valence-electron chi connectivity index (χ1n) is 5.02. The molecule has 2 rings (SSSR count). The number of aromatic nitrogens is 2. The number of rotatable bonds is 3. The lowest BCUT2D eigenvalue weighted by molar-refractivity contribution is 0.740. The predicted octanol–water partition coefficient (Wildman–Crippen LogP) is 2.32. The molecule has 1 unspecified atom stereocenters. The van der Waals surface area contributed by atoms with E-state index in [1.165, 1.54) is 4.88 Å². The summed E-state index contributed by atoms with van der Waals surface area (Å²) in [5, 5.41) is 2.08. The molecule has 0 aliphatic carbocycles. The van der Waals surface area contributed by atoms with Gasteiger partial charge in [-0.25, -0.2) is 9.97 Å². The van der Waals surface area contributed by atoms with Crippen LogP contribution in [0.4, 0.5) is 11.6 Å². The number of thiophene rings is 1. The van der Waals surface area contributed by atoms with Crippen molar-refractivity contribution in [2.24, 2.45) is 0 Å². The molecule has 0 bridgehead atoms. The number of nitrogens with zero attached hydrogens (tertiary/aromatic N) is 3. The van der Waals surface area contributed by atoms with Crippen molar-refractivity contribution in [1.82, 2.24) is 9.97 Å². The Bertz CT molecular complexity index is 438. The van der Waals surface area contributed by atoms with Gasteiger partial charge >= 0.3 is 0 Å². The molecule has 2 heterocycles. The average molecular weight is 234 g/mol. The van der Waals surface area contributed by atoms with Gasteiger partial charge in [0.2, 0.25) is 0 Å². The Labute approximate surface area is 98.8 Å². The summed E-state index contributed by atoms with van der Waals surface area (Å²) < 4.78 is 0. The molecule has 0 amide bonds. The molecule has 2 aromatic heterocycles. The third-order valence-electron chi connectivity index (χ3n) is 2.56. The minimum absolute atomic E-state index is 0.290. The summed E-state index contributed by atoms with van der Waals surface area (Å²) in [4.78, 5) is 11.7. The molecule has 0 saturated carbocycles. The smallest absolute Gasteiger partial charge is 0.147 e. The van der Waals surface area contributed by atoms with Crippen LogP contribution in [0.5, 0.6) is 0 Å². The molecule has 4 nitrogen and oxygen atoms in total. The lowest BCUT2D eigenvalue weighted by Crippen LogP contribution is -2.22. The molecule has 0 radical (unpaired) electrons. The second-order valence-electron chi connectivity index (χ2n) is 3.60. The van der Waals surface area contributed by atoms with Crippen LogP contribution in [0.1, 0.15) is 17.8 Å². The van der Waals surface area contributed by atoms with Gasteiger partial charge in [0.15, 0.2) is 0 Å². The number of anilines is 2. The molecule has 0 saturated heterocycles. The Morgan fingerprint density at radius 2 is 2.19 bits per heavy atom. The lowest BCUT2D eigenvalue weighted by atomic mass is 10.2. The second kappa shape index (κ2) is 4.49. The number of hydrogen-bond acceptors (Lipinski definition) is 5. The van der Waals surface area contributed by atoms with E-state index in [1.807, 2.05) is 7.05 Å². The maximum Gasteiger partial charge on any atom is 0.147 e. The van der Waals surface area contributed by atoms with Crippen LogP contribution in [0, 0.1) is 0 Å². The maximum atomic E-state index is 5.51. The molecule has 16 heavy (non-hydrogen) atoms. The van der Waals surface area contributed by atoms with Crippen molar-refractivity contribution >= 4 is 23.0 Å². The first-order valence-corrected chi connectivity index (χ1v) is 5.90. The third kappa shape index (κ3) is 2.14. The van der Waals surface area contributed by atoms with Crippen molar-refractivity contribution in [1.29, 1.82) is 0 Å². The van der Waals surface area contributed by atoms with Crippen molar-refractivity contribution in [3.63, 3.8) is 0 Å². The Hall–Kier alpha value is -1.62. The van der Waals surface area contributed by atoms with E-state index in [-0.39, 0.29) is 6.04 Å². The van der Waals surface area contributed by atoms with E-state index in [1.54, 1.807) is 23.7 Å². The molecular formula is C11H14N4S. The number of nitrogen functional groups attached to an aromatic ring is 1. The minimum atomic E-state index is 0.290.